The fourth-order valence-corrected chi connectivity index (χ4v) is 2.34. The van der Waals surface area contributed by atoms with Crippen LogP contribution in [0.4, 0.5) is 0 Å². The number of hydrogen-bond acceptors (Lipinski definition) is 2. The summed E-state index contributed by atoms with van der Waals surface area (Å²) in [7, 11) is 0. The Balaban J connectivity index is 2.35. The molecule has 0 bridgehead atoms. The monoisotopic (exact) mass is 320 g/mol. The molecule has 0 spiro atoms. The summed E-state index contributed by atoms with van der Waals surface area (Å²) in [6.07, 6.45) is 2.65. The molecule has 19 heavy (non-hydrogen) atoms. The highest BCUT2D eigenvalue weighted by molar-refractivity contribution is 9.09. The van der Waals surface area contributed by atoms with Crippen LogP contribution in [0.2, 0.25) is 0 Å². The molecular formula is C15H17BrN2O. The molecule has 3 nitrogen and oxygen atoms in total. The van der Waals surface area contributed by atoms with Gasteiger partial charge in [-0.25, -0.2) is 0 Å². The van der Waals surface area contributed by atoms with Crippen molar-refractivity contribution in [2.24, 2.45) is 0 Å². The largest absolute Gasteiger partial charge is 0.338 e. The van der Waals surface area contributed by atoms with E-state index in [-0.39, 0.29) is 5.91 Å². The molecule has 0 saturated heterocycles. The van der Waals surface area contributed by atoms with Gasteiger partial charge in [-0.2, -0.15) is 0 Å². The minimum absolute atomic E-state index is 0.0141. The summed E-state index contributed by atoms with van der Waals surface area (Å²) in [4.78, 5) is 18.7. The van der Waals surface area contributed by atoms with E-state index in [1.807, 2.05) is 42.2 Å². The Morgan fingerprint density at radius 3 is 2.84 bits per heavy atom. The molecule has 0 aliphatic heterocycles. The Bertz CT molecular complexity index is 566. The second-order valence-corrected chi connectivity index (χ2v) is 5.10. The van der Waals surface area contributed by atoms with Crippen LogP contribution < -0.4 is 0 Å². The zero-order chi connectivity index (χ0) is 13.7. The van der Waals surface area contributed by atoms with Crippen molar-refractivity contribution in [3.05, 3.63) is 42.2 Å². The van der Waals surface area contributed by atoms with Crippen molar-refractivity contribution in [1.29, 1.82) is 0 Å². The SMILES string of the molecule is CCN(CCCBr)C(=O)c1nccc2ccccc12. The van der Waals surface area contributed by atoms with Crippen LogP contribution in [0.25, 0.3) is 10.8 Å². The lowest BCUT2D eigenvalue weighted by Gasteiger charge is -2.20. The first-order chi connectivity index (χ1) is 9.27. The van der Waals surface area contributed by atoms with E-state index >= 15 is 0 Å². The minimum Gasteiger partial charge on any atom is -0.338 e. The normalized spacial score (nSPS) is 10.6. The van der Waals surface area contributed by atoms with Crippen molar-refractivity contribution in [3.8, 4) is 0 Å². The topological polar surface area (TPSA) is 33.2 Å². The number of amides is 1. The molecule has 2 aromatic rings. The third-order valence-corrected chi connectivity index (χ3v) is 3.67. The van der Waals surface area contributed by atoms with Crippen LogP contribution in [-0.4, -0.2) is 34.2 Å². The van der Waals surface area contributed by atoms with Gasteiger partial charge in [0.15, 0.2) is 0 Å². The second-order valence-electron chi connectivity index (χ2n) is 4.31. The number of benzene rings is 1. The van der Waals surface area contributed by atoms with Gasteiger partial charge in [-0.05, 0) is 24.8 Å². The van der Waals surface area contributed by atoms with Crippen LogP contribution in [-0.2, 0) is 0 Å². The molecule has 0 aliphatic rings. The standard InChI is InChI=1S/C15H17BrN2O/c1-2-18(11-5-9-16)15(19)14-13-7-4-3-6-12(13)8-10-17-14/h3-4,6-8,10H,2,5,9,11H2,1H3. The first-order valence-electron chi connectivity index (χ1n) is 6.47. The third-order valence-electron chi connectivity index (χ3n) is 3.11. The summed E-state index contributed by atoms with van der Waals surface area (Å²) < 4.78 is 0. The fraction of sp³-hybridized carbons (Fsp3) is 0.333. The average molecular weight is 321 g/mol. The summed E-state index contributed by atoms with van der Waals surface area (Å²) in [6.45, 7) is 3.46. The van der Waals surface area contributed by atoms with Gasteiger partial charge in [0.25, 0.3) is 5.91 Å². The van der Waals surface area contributed by atoms with Crippen LogP contribution in [0, 0.1) is 0 Å². The molecule has 1 aromatic carbocycles. The molecule has 1 amide bonds. The van der Waals surface area contributed by atoms with Crippen LogP contribution in [0.3, 0.4) is 0 Å². The number of aromatic nitrogens is 1. The molecule has 4 heteroatoms. The first-order valence-corrected chi connectivity index (χ1v) is 7.59. The van der Waals surface area contributed by atoms with Gasteiger partial charge >= 0.3 is 0 Å². The van der Waals surface area contributed by atoms with Gasteiger partial charge in [-0.1, -0.05) is 40.2 Å². The van der Waals surface area contributed by atoms with Gasteiger partial charge in [0.1, 0.15) is 5.69 Å². The highest BCUT2D eigenvalue weighted by Gasteiger charge is 2.17. The summed E-state index contributed by atoms with van der Waals surface area (Å²) in [5.74, 6) is 0.0141. The Morgan fingerprint density at radius 2 is 2.11 bits per heavy atom. The van der Waals surface area contributed by atoms with Crippen molar-refractivity contribution < 1.29 is 4.79 Å². The van der Waals surface area contributed by atoms with Crippen molar-refractivity contribution in [1.82, 2.24) is 9.88 Å². The van der Waals surface area contributed by atoms with Crippen molar-refractivity contribution in [2.45, 2.75) is 13.3 Å². The van der Waals surface area contributed by atoms with Gasteiger partial charge in [0.2, 0.25) is 0 Å². The van der Waals surface area contributed by atoms with Crippen molar-refractivity contribution >= 4 is 32.6 Å². The fourth-order valence-electron chi connectivity index (χ4n) is 2.09. The first kappa shape index (κ1) is 14.0. The molecule has 0 aliphatic carbocycles. The highest BCUT2D eigenvalue weighted by atomic mass is 79.9. The number of pyridine rings is 1. The lowest BCUT2D eigenvalue weighted by molar-refractivity contribution is 0.0761. The van der Waals surface area contributed by atoms with Crippen molar-refractivity contribution in [2.75, 3.05) is 18.4 Å². The number of nitrogens with zero attached hydrogens (tertiary/aromatic N) is 2. The zero-order valence-corrected chi connectivity index (χ0v) is 12.6. The van der Waals surface area contributed by atoms with E-state index in [1.54, 1.807) is 6.20 Å². The predicted molar refractivity (Wildman–Crippen MR) is 81.7 cm³/mol. The molecule has 0 unspecified atom stereocenters. The highest BCUT2D eigenvalue weighted by Crippen LogP contribution is 2.18. The summed E-state index contributed by atoms with van der Waals surface area (Å²) in [5.41, 5.74) is 0.550. The van der Waals surface area contributed by atoms with Gasteiger partial charge in [0, 0.05) is 30.0 Å². The predicted octanol–water partition coefficient (Wildman–Crippen LogP) is 3.48. The second kappa shape index (κ2) is 6.66. The zero-order valence-electron chi connectivity index (χ0n) is 11.0. The Kier molecular flexibility index (Phi) is 4.91. The molecule has 0 saturated carbocycles. The summed E-state index contributed by atoms with van der Waals surface area (Å²) in [5, 5.41) is 2.88. The van der Waals surface area contributed by atoms with Crippen LogP contribution >= 0.6 is 15.9 Å². The van der Waals surface area contributed by atoms with E-state index in [0.29, 0.717) is 12.2 Å². The van der Waals surface area contributed by atoms with E-state index in [9.17, 15) is 4.79 Å². The number of halogens is 1. The van der Waals surface area contributed by atoms with Crippen molar-refractivity contribution in [3.63, 3.8) is 0 Å². The van der Waals surface area contributed by atoms with E-state index in [0.717, 1.165) is 29.1 Å². The average Bonchev–Trinajstić information content (AvgIpc) is 2.47. The molecule has 100 valence electrons. The Hall–Kier alpha value is -1.42. The van der Waals surface area contributed by atoms with Gasteiger partial charge < -0.3 is 4.90 Å². The van der Waals surface area contributed by atoms with E-state index in [1.165, 1.54) is 0 Å². The van der Waals surface area contributed by atoms with Gasteiger partial charge in [-0.3, -0.25) is 9.78 Å². The lowest BCUT2D eigenvalue weighted by Crippen LogP contribution is -2.32. The van der Waals surface area contributed by atoms with Crippen LogP contribution in [0.5, 0.6) is 0 Å². The smallest absolute Gasteiger partial charge is 0.273 e. The molecule has 1 heterocycles. The number of fused-ring (bicyclic) bond motifs is 1. The molecule has 0 radical (unpaired) electrons. The molecule has 0 atom stereocenters. The molecular weight excluding hydrogens is 304 g/mol. The van der Waals surface area contributed by atoms with E-state index < -0.39 is 0 Å². The number of carbonyl (C=O) groups excluding carboxylic acids is 1. The lowest BCUT2D eigenvalue weighted by atomic mass is 10.1. The maximum atomic E-state index is 12.5. The van der Waals surface area contributed by atoms with E-state index in [2.05, 4.69) is 20.9 Å². The van der Waals surface area contributed by atoms with Gasteiger partial charge in [-0.15, -0.1) is 0 Å². The Labute approximate surface area is 121 Å². The number of rotatable bonds is 5. The van der Waals surface area contributed by atoms with E-state index in [4.69, 9.17) is 0 Å². The quantitative estimate of drug-likeness (QED) is 0.790. The van der Waals surface area contributed by atoms with Crippen LogP contribution in [0.1, 0.15) is 23.8 Å². The molecule has 0 fully saturated rings. The maximum absolute atomic E-state index is 12.5. The molecule has 2 rings (SSSR count). The third kappa shape index (κ3) is 3.13. The molecule has 0 N–H and O–H groups in total. The number of carbonyl (C=O) groups is 1. The Morgan fingerprint density at radius 1 is 1.32 bits per heavy atom. The minimum atomic E-state index is 0.0141. The summed E-state index contributed by atoms with van der Waals surface area (Å²) >= 11 is 3.40. The maximum Gasteiger partial charge on any atom is 0.273 e. The van der Waals surface area contributed by atoms with Gasteiger partial charge in [0.05, 0.1) is 0 Å². The number of alkyl halides is 1. The summed E-state index contributed by atoms with van der Waals surface area (Å²) in [6, 6.07) is 9.80. The molecule has 1 aromatic heterocycles. The van der Waals surface area contributed by atoms with Crippen LogP contribution in [0.15, 0.2) is 36.5 Å². The number of hydrogen-bond donors (Lipinski definition) is 0.